The van der Waals surface area contributed by atoms with Crippen LogP contribution in [0.3, 0.4) is 0 Å². The molecule has 1 rings (SSSR count). The summed E-state index contributed by atoms with van der Waals surface area (Å²) >= 11 is 0. The van der Waals surface area contributed by atoms with Crippen molar-refractivity contribution in [2.45, 2.75) is 20.0 Å². The van der Waals surface area contributed by atoms with Gasteiger partial charge in [-0.1, -0.05) is 19.9 Å². The molecule has 0 heterocycles. The van der Waals surface area contributed by atoms with Crippen LogP contribution in [-0.2, 0) is 4.74 Å². The fourth-order valence-electron chi connectivity index (χ4n) is 1.61. The average Bonchev–Trinajstić information content (AvgIpc) is 2.34. The van der Waals surface area contributed by atoms with Gasteiger partial charge in [-0.3, -0.25) is 0 Å². The lowest BCUT2D eigenvalue weighted by atomic mass is 10.2. The number of methoxy groups -OCH3 is 1. The Kier molecular flexibility index (Phi) is 6.73. The van der Waals surface area contributed by atoms with E-state index in [4.69, 9.17) is 9.47 Å². The van der Waals surface area contributed by atoms with Crippen LogP contribution in [-0.4, -0.2) is 32.9 Å². The molecule has 1 unspecified atom stereocenters. The van der Waals surface area contributed by atoms with Crippen LogP contribution in [0.25, 0.3) is 0 Å². The van der Waals surface area contributed by atoms with Gasteiger partial charge in [0.25, 0.3) is 0 Å². The van der Waals surface area contributed by atoms with Crippen molar-refractivity contribution < 1.29 is 18.3 Å². The third kappa shape index (κ3) is 5.53. The summed E-state index contributed by atoms with van der Waals surface area (Å²) in [5, 5.41) is 3.20. The highest BCUT2D eigenvalue weighted by Crippen LogP contribution is 2.20. The molecule has 1 aromatic carbocycles. The highest BCUT2D eigenvalue weighted by Gasteiger charge is 2.15. The molecule has 0 aromatic heterocycles. The van der Waals surface area contributed by atoms with E-state index in [0.717, 1.165) is 12.6 Å². The van der Waals surface area contributed by atoms with Gasteiger partial charge in [0.1, 0.15) is 6.10 Å². The van der Waals surface area contributed by atoms with Crippen LogP contribution < -0.4 is 10.1 Å². The second kappa shape index (κ2) is 8.07. The Labute approximate surface area is 112 Å². The van der Waals surface area contributed by atoms with Gasteiger partial charge in [-0.15, -0.1) is 0 Å². The summed E-state index contributed by atoms with van der Waals surface area (Å²) in [5.74, 6) is -1.46. The molecule has 0 spiro atoms. The molecule has 0 aliphatic heterocycles. The molecule has 0 saturated carbocycles. The molecule has 108 valence electrons. The van der Waals surface area contributed by atoms with Gasteiger partial charge in [0.05, 0.1) is 6.61 Å². The maximum absolute atomic E-state index is 13.5. The minimum atomic E-state index is -0.965. The van der Waals surface area contributed by atoms with Gasteiger partial charge < -0.3 is 14.8 Å². The van der Waals surface area contributed by atoms with Crippen molar-refractivity contribution in [1.29, 1.82) is 0 Å². The lowest BCUT2D eigenvalue weighted by molar-refractivity contribution is 0.0770. The number of hydrogen-bond donors (Lipinski definition) is 1. The maximum atomic E-state index is 13.5. The molecule has 1 aromatic rings. The van der Waals surface area contributed by atoms with Crippen molar-refractivity contribution >= 4 is 0 Å². The Morgan fingerprint density at radius 1 is 1.21 bits per heavy atom. The lowest BCUT2D eigenvalue weighted by Gasteiger charge is -2.20. The van der Waals surface area contributed by atoms with E-state index in [1.807, 2.05) is 0 Å². The molecule has 3 nitrogen and oxygen atoms in total. The summed E-state index contributed by atoms with van der Waals surface area (Å²) in [5.41, 5.74) is 0. The molecule has 5 heteroatoms. The van der Waals surface area contributed by atoms with Crippen LogP contribution in [0, 0.1) is 17.6 Å². The normalized spacial score (nSPS) is 12.7. The zero-order valence-corrected chi connectivity index (χ0v) is 11.6. The number of hydrogen-bond acceptors (Lipinski definition) is 3. The molecule has 0 radical (unpaired) electrons. The first-order valence-electron chi connectivity index (χ1n) is 6.35. The van der Waals surface area contributed by atoms with Gasteiger partial charge in [0.2, 0.25) is 5.82 Å². The minimum absolute atomic E-state index is 0.0894. The van der Waals surface area contributed by atoms with Crippen LogP contribution in [0.5, 0.6) is 5.75 Å². The van der Waals surface area contributed by atoms with E-state index in [1.54, 1.807) is 7.11 Å². The third-order valence-electron chi connectivity index (χ3n) is 2.49. The van der Waals surface area contributed by atoms with Crippen molar-refractivity contribution in [3.8, 4) is 5.75 Å². The molecular formula is C14H21F2NO2. The second-order valence-corrected chi connectivity index (χ2v) is 4.80. The second-order valence-electron chi connectivity index (χ2n) is 4.80. The van der Waals surface area contributed by atoms with E-state index in [1.165, 1.54) is 12.1 Å². The Balaban J connectivity index is 2.59. The summed E-state index contributed by atoms with van der Waals surface area (Å²) in [6, 6.07) is 3.88. The molecule has 0 aliphatic carbocycles. The van der Waals surface area contributed by atoms with E-state index in [2.05, 4.69) is 19.2 Å². The number of benzene rings is 1. The molecule has 1 N–H and O–H groups in total. The first-order chi connectivity index (χ1) is 9.04. The Hall–Kier alpha value is -1.20. The average molecular weight is 273 g/mol. The lowest BCUT2D eigenvalue weighted by Crippen LogP contribution is -2.36. The van der Waals surface area contributed by atoms with E-state index in [-0.39, 0.29) is 11.9 Å². The summed E-state index contributed by atoms with van der Waals surface area (Å²) < 4.78 is 37.0. The Morgan fingerprint density at radius 2 is 1.95 bits per heavy atom. The Morgan fingerprint density at radius 3 is 2.58 bits per heavy atom. The molecule has 19 heavy (non-hydrogen) atoms. The Bertz CT molecular complexity index is 386. The van der Waals surface area contributed by atoms with Gasteiger partial charge in [-0.05, 0) is 24.6 Å². The smallest absolute Gasteiger partial charge is 0.200 e. The van der Waals surface area contributed by atoms with E-state index in [0.29, 0.717) is 19.1 Å². The number of ether oxygens (including phenoxy) is 2. The first-order valence-corrected chi connectivity index (χ1v) is 6.35. The molecule has 0 saturated heterocycles. The van der Waals surface area contributed by atoms with Crippen LogP contribution >= 0.6 is 0 Å². The molecule has 1 atom stereocenters. The molecule has 0 bridgehead atoms. The van der Waals surface area contributed by atoms with Gasteiger partial charge in [-0.2, -0.15) is 4.39 Å². The summed E-state index contributed by atoms with van der Waals surface area (Å²) in [6.07, 6.45) is -0.361. The van der Waals surface area contributed by atoms with E-state index >= 15 is 0 Å². The largest absolute Gasteiger partial charge is 0.483 e. The zero-order chi connectivity index (χ0) is 14.3. The first kappa shape index (κ1) is 15.9. The zero-order valence-electron chi connectivity index (χ0n) is 11.6. The number of halogens is 2. The van der Waals surface area contributed by atoms with Gasteiger partial charge in [-0.25, -0.2) is 4.39 Å². The SMILES string of the molecule is COCC(CNCC(C)C)Oc1cccc(F)c1F. The predicted octanol–water partition coefficient (Wildman–Crippen LogP) is 2.60. The van der Waals surface area contributed by atoms with E-state index < -0.39 is 11.6 Å². The summed E-state index contributed by atoms with van der Waals surface area (Å²) in [7, 11) is 1.54. The van der Waals surface area contributed by atoms with Crippen LogP contribution in [0.15, 0.2) is 18.2 Å². The quantitative estimate of drug-likeness (QED) is 0.789. The minimum Gasteiger partial charge on any atom is -0.483 e. The predicted molar refractivity (Wildman–Crippen MR) is 70.4 cm³/mol. The fraction of sp³-hybridized carbons (Fsp3) is 0.571. The van der Waals surface area contributed by atoms with Gasteiger partial charge in [0, 0.05) is 13.7 Å². The summed E-state index contributed by atoms with van der Waals surface area (Å²) in [6.45, 7) is 5.83. The highest BCUT2D eigenvalue weighted by atomic mass is 19.2. The standard InChI is InChI=1S/C14H21F2NO2/c1-10(2)7-17-8-11(9-18-3)19-13-6-4-5-12(15)14(13)16/h4-6,10-11,17H,7-9H2,1-3H3. The maximum Gasteiger partial charge on any atom is 0.200 e. The number of rotatable bonds is 8. The van der Waals surface area contributed by atoms with Crippen LogP contribution in [0.2, 0.25) is 0 Å². The monoisotopic (exact) mass is 273 g/mol. The molecule has 0 aliphatic rings. The van der Waals surface area contributed by atoms with Crippen molar-refractivity contribution in [1.82, 2.24) is 5.32 Å². The molecule has 0 amide bonds. The fourth-order valence-corrected chi connectivity index (χ4v) is 1.61. The van der Waals surface area contributed by atoms with Crippen LogP contribution in [0.4, 0.5) is 8.78 Å². The third-order valence-corrected chi connectivity index (χ3v) is 2.49. The van der Waals surface area contributed by atoms with Crippen molar-refractivity contribution in [2.24, 2.45) is 5.92 Å². The highest BCUT2D eigenvalue weighted by molar-refractivity contribution is 5.25. The summed E-state index contributed by atoms with van der Waals surface area (Å²) in [4.78, 5) is 0. The molecular weight excluding hydrogens is 252 g/mol. The van der Waals surface area contributed by atoms with E-state index in [9.17, 15) is 8.78 Å². The van der Waals surface area contributed by atoms with Crippen molar-refractivity contribution in [3.05, 3.63) is 29.8 Å². The van der Waals surface area contributed by atoms with Gasteiger partial charge in [0.15, 0.2) is 11.6 Å². The number of nitrogens with one attached hydrogen (secondary N) is 1. The topological polar surface area (TPSA) is 30.5 Å². The van der Waals surface area contributed by atoms with Crippen molar-refractivity contribution in [2.75, 3.05) is 26.8 Å². The van der Waals surface area contributed by atoms with Gasteiger partial charge >= 0.3 is 0 Å². The van der Waals surface area contributed by atoms with Crippen LogP contribution in [0.1, 0.15) is 13.8 Å². The molecule has 0 fully saturated rings. The van der Waals surface area contributed by atoms with Crippen molar-refractivity contribution in [3.63, 3.8) is 0 Å².